The summed E-state index contributed by atoms with van der Waals surface area (Å²) in [7, 11) is -0.254. The molecule has 2 aliphatic rings. The van der Waals surface area contributed by atoms with Crippen LogP contribution in [0.15, 0.2) is 35.2 Å². The molecule has 1 unspecified atom stereocenters. The molecule has 0 N–H and O–H groups in total. The van der Waals surface area contributed by atoms with Crippen molar-refractivity contribution in [3.8, 4) is 0 Å². The van der Waals surface area contributed by atoms with Gasteiger partial charge in [0.1, 0.15) is 0 Å². The molecule has 0 nitrogen and oxygen atoms in total. The first-order valence-electron chi connectivity index (χ1n) is 4.68. The third-order valence-corrected chi connectivity index (χ3v) is 4.62. The largest absolute Gasteiger partial charge is 0.0971 e. The van der Waals surface area contributed by atoms with Gasteiger partial charge in [-0.25, -0.2) is 0 Å². The van der Waals surface area contributed by atoms with E-state index >= 15 is 0 Å². The van der Waals surface area contributed by atoms with E-state index in [-0.39, 0.29) is 7.55 Å². The summed E-state index contributed by atoms with van der Waals surface area (Å²) in [5, 5.41) is 0. The molecule has 1 aliphatic heterocycles. The van der Waals surface area contributed by atoms with Crippen LogP contribution in [0.2, 0.25) is 0 Å². The normalized spacial score (nSPS) is 26.9. The Morgan fingerprint density at radius 2 is 2.42 bits per heavy atom. The van der Waals surface area contributed by atoms with Crippen LogP contribution in [0.4, 0.5) is 0 Å². The molecule has 0 saturated carbocycles. The highest BCUT2D eigenvalue weighted by atomic mass is 31.1. The molecule has 0 saturated heterocycles. The summed E-state index contributed by atoms with van der Waals surface area (Å²) in [6, 6.07) is 0. The molecule has 1 heterocycles. The zero-order valence-electron chi connectivity index (χ0n) is 7.51. The van der Waals surface area contributed by atoms with E-state index in [0.29, 0.717) is 0 Å². The molecule has 1 atom stereocenters. The van der Waals surface area contributed by atoms with Crippen molar-refractivity contribution in [3.05, 3.63) is 35.2 Å². The Hall–Kier alpha value is -0.480. The predicted octanol–water partition coefficient (Wildman–Crippen LogP) is 3.20. The summed E-state index contributed by atoms with van der Waals surface area (Å²) in [5.41, 5.74) is 3.07. The Balaban J connectivity index is 2.35. The van der Waals surface area contributed by atoms with E-state index < -0.39 is 0 Å². The van der Waals surface area contributed by atoms with Gasteiger partial charge in [-0.15, -0.1) is 0 Å². The average Bonchev–Trinajstić information content (AvgIpc) is 2.17. The summed E-state index contributed by atoms with van der Waals surface area (Å²) in [5.74, 6) is 4.95. The van der Waals surface area contributed by atoms with Crippen molar-refractivity contribution >= 4 is 13.3 Å². The summed E-state index contributed by atoms with van der Waals surface area (Å²) in [4.78, 5) is 0. The van der Waals surface area contributed by atoms with Gasteiger partial charge >= 0.3 is 0 Å². The van der Waals surface area contributed by atoms with Crippen LogP contribution in [0, 0.1) is 0 Å². The van der Waals surface area contributed by atoms with Crippen LogP contribution < -0.4 is 0 Å². The van der Waals surface area contributed by atoms with Gasteiger partial charge in [-0.2, -0.15) is 0 Å². The van der Waals surface area contributed by atoms with Crippen molar-refractivity contribution in [2.75, 3.05) is 6.16 Å². The van der Waals surface area contributed by atoms with Crippen molar-refractivity contribution in [1.29, 1.82) is 0 Å². The monoisotopic (exact) mass is 178 g/mol. The van der Waals surface area contributed by atoms with Gasteiger partial charge in [0, 0.05) is 0 Å². The molecular formula is C11H15P. The van der Waals surface area contributed by atoms with Gasteiger partial charge in [0.15, 0.2) is 0 Å². The molecule has 1 aliphatic carbocycles. The van der Waals surface area contributed by atoms with Crippen LogP contribution in [0.1, 0.15) is 19.8 Å². The summed E-state index contributed by atoms with van der Waals surface area (Å²) >= 11 is 0. The highest BCUT2D eigenvalue weighted by Crippen LogP contribution is 2.35. The molecule has 12 heavy (non-hydrogen) atoms. The second-order valence-corrected chi connectivity index (χ2v) is 5.81. The van der Waals surface area contributed by atoms with E-state index in [9.17, 15) is 0 Å². The van der Waals surface area contributed by atoms with Crippen LogP contribution in [0.25, 0.3) is 0 Å². The second-order valence-electron chi connectivity index (χ2n) is 3.33. The Bertz CT molecular complexity index is 303. The fourth-order valence-corrected chi connectivity index (χ4v) is 3.40. The van der Waals surface area contributed by atoms with E-state index in [1.807, 2.05) is 0 Å². The fourth-order valence-electron chi connectivity index (χ4n) is 1.71. The summed E-state index contributed by atoms with van der Waals surface area (Å²) in [6.45, 7) is 2.29. The van der Waals surface area contributed by atoms with Gasteiger partial charge in [0.25, 0.3) is 0 Å². The first kappa shape index (κ1) is 8.13. The van der Waals surface area contributed by atoms with E-state index in [2.05, 4.69) is 36.8 Å². The molecule has 0 amide bonds. The second kappa shape index (κ2) is 3.49. The first-order chi connectivity index (χ1) is 5.90. The minimum Gasteiger partial charge on any atom is -0.0971 e. The maximum atomic E-state index is 2.53. The Morgan fingerprint density at radius 3 is 3.25 bits per heavy atom. The number of hydrogen-bond acceptors (Lipinski definition) is 0. The van der Waals surface area contributed by atoms with Gasteiger partial charge in [0.2, 0.25) is 0 Å². The fraction of sp³-hybridized carbons (Fsp3) is 0.364. The van der Waals surface area contributed by atoms with E-state index in [1.165, 1.54) is 24.6 Å². The zero-order chi connectivity index (χ0) is 8.39. The van der Waals surface area contributed by atoms with Crippen molar-refractivity contribution in [3.63, 3.8) is 0 Å². The van der Waals surface area contributed by atoms with Crippen molar-refractivity contribution < 1.29 is 0 Å². The van der Waals surface area contributed by atoms with Crippen LogP contribution >= 0.6 is 7.55 Å². The molecule has 0 aromatic heterocycles. The molecule has 0 aromatic rings. The molecule has 64 valence electrons. The molecule has 2 rings (SSSR count). The Labute approximate surface area is 75.1 Å². The summed E-state index contributed by atoms with van der Waals surface area (Å²) in [6.07, 6.45) is 10.7. The van der Waals surface area contributed by atoms with Gasteiger partial charge in [-0.1, -0.05) is 44.3 Å². The lowest BCUT2D eigenvalue weighted by molar-refractivity contribution is 0.971. The van der Waals surface area contributed by atoms with Crippen LogP contribution in [0.5, 0.6) is 0 Å². The standard InChI is InChI=1S/C11H15P/c1-2-12-8-7-10-5-3-4-6-11(10)9-12/h3,5,7-9,12H,2,4,6H2,1H3. The van der Waals surface area contributed by atoms with E-state index in [4.69, 9.17) is 0 Å². The van der Waals surface area contributed by atoms with Gasteiger partial charge in [-0.05, 0) is 30.1 Å². The van der Waals surface area contributed by atoms with Gasteiger partial charge in [0.05, 0.1) is 0 Å². The van der Waals surface area contributed by atoms with Gasteiger partial charge < -0.3 is 0 Å². The molecule has 0 fully saturated rings. The van der Waals surface area contributed by atoms with Crippen molar-refractivity contribution in [2.45, 2.75) is 19.8 Å². The molecular weight excluding hydrogens is 163 g/mol. The first-order valence-corrected chi connectivity index (χ1v) is 6.54. The lowest BCUT2D eigenvalue weighted by atomic mass is 9.97. The molecule has 0 bridgehead atoms. The predicted molar refractivity (Wildman–Crippen MR) is 59.5 cm³/mol. The molecule has 0 radical (unpaired) electrons. The van der Waals surface area contributed by atoms with E-state index in [0.717, 1.165) is 0 Å². The van der Waals surface area contributed by atoms with Crippen LogP contribution in [-0.2, 0) is 0 Å². The zero-order valence-corrected chi connectivity index (χ0v) is 8.51. The number of allylic oxidation sites excluding steroid dienone is 5. The lowest BCUT2D eigenvalue weighted by Crippen LogP contribution is -1.95. The number of rotatable bonds is 1. The third kappa shape index (κ3) is 1.49. The molecule has 0 aromatic carbocycles. The highest BCUT2D eigenvalue weighted by Gasteiger charge is 2.08. The van der Waals surface area contributed by atoms with Gasteiger partial charge in [-0.3, -0.25) is 0 Å². The smallest absolute Gasteiger partial charge is 0.0227 e. The van der Waals surface area contributed by atoms with E-state index in [1.54, 1.807) is 5.57 Å². The quantitative estimate of drug-likeness (QED) is 0.541. The third-order valence-electron chi connectivity index (χ3n) is 2.49. The topological polar surface area (TPSA) is 0 Å². The lowest BCUT2D eigenvalue weighted by Gasteiger charge is -2.16. The highest BCUT2D eigenvalue weighted by molar-refractivity contribution is 7.60. The Morgan fingerprint density at radius 1 is 1.50 bits per heavy atom. The minimum atomic E-state index is -0.254. The summed E-state index contributed by atoms with van der Waals surface area (Å²) < 4.78 is 0. The molecule has 0 spiro atoms. The maximum Gasteiger partial charge on any atom is -0.0227 e. The Kier molecular flexibility index (Phi) is 2.37. The maximum absolute atomic E-state index is 2.53. The SMILES string of the molecule is CC[PH]1=CC=C2C=CCCC2=C1. The van der Waals surface area contributed by atoms with Crippen molar-refractivity contribution in [2.24, 2.45) is 0 Å². The van der Waals surface area contributed by atoms with Crippen LogP contribution in [0.3, 0.4) is 0 Å². The van der Waals surface area contributed by atoms with Crippen LogP contribution in [-0.4, -0.2) is 12.0 Å². The number of fused-ring (bicyclic) bond motifs is 1. The number of hydrogen-bond donors (Lipinski definition) is 0. The minimum absolute atomic E-state index is 0.254. The average molecular weight is 178 g/mol. The molecule has 1 heteroatoms. The van der Waals surface area contributed by atoms with Crippen molar-refractivity contribution in [1.82, 2.24) is 0 Å².